The SMILES string of the molecule is CCC(=O)N1CCCc2ccc(NC3=C(C(=O)OC)CN(CCO)C3=O)cc21. The predicted octanol–water partition coefficient (Wildman–Crippen LogP) is 1.05. The van der Waals surface area contributed by atoms with Gasteiger partial charge in [-0.25, -0.2) is 4.79 Å². The van der Waals surface area contributed by atoms with Crippen LogP contribution >= 0.6 is 0 Å². The number of fused-ring (bicyclic) bond motifs is 1. The Labute approximate surface area is 163 Å². The average Bonchev–Trinajstić information content (AvgIpc) is 3.02. The second-order valence-corrected chi connectivity index (χ2v) is 6.77. The van der Waals surface area contributed by atoms with Crippen molar-refractivity contribution in [1.29, 1.82) is 0 Å². The molecule has 1 aromatic carbocycles. The number of anilines is 2. The van der Waals surface area contributed by atoms with E-state index in [2.05, 4.69) is 5.32 Å². The number of benzene rings is 1. The Morgan fingerprint density at radius 3 is 2.79 bits per heavy atom. The molecule has 0 radical (unpaired) electrons. The molecule has 8 heteroatoms. The summed E-state index contributed by atoms with van der Waals surface area (Å²) in [6.45, 7) is 2.52. The zero-order chi connectivity index (χ0) is 20.3. The van der Waals surface area contributed by atoms with Gasteiger partial charge < -0.3 is 25.0 Å². The second-order valence-electron chi connectivity index (χ2n) is 6.77. The molecular weight excluding hydrogens is 362 g/mol. The molecule has 2 aliphatic heterocycles. The molecule has 3 rings (SSSR count). The molecule has 150 valence electrons. The number of methoxy groups -OCH3 is 1. The lowest BCUT2D eigenvalue weighted by Gasteiger charge is -2.30. The maximum Gasteiger partial charge on any atom is 0.337 e. The van der Waals surface area contributed by atoms with Crippen LogP contribution in [0, 0.1) is 0 Å². The normalized spacial score (nSPS) is 16.3. The van der Waals surface area contributed by atoms with Crippen molar-refractivity contribution in [2.75, 3.05) is 43.6 Å². The number of aryl methyl sites for hydroxylation is 1. The quantitative estimate of drug-likeness (QED) is 0.708. The zero-order valence-corrected chi connectivity index (χ0v) is 16.2. The van der Waals surface area contributed by atoms with Crippen LogP contribution in [0.4, 0.5) is 11.4 Å². The molecule has 0 atom stereocenters. The van der Waals surface area contributed by atoms with E-state index in [0.29, 0.717) is 18.7 Å². The Balaban J connectivity index is 1.92. The molecule has 0 aliphatic carbocycles. The molecule has 0 bridgehead atoms. The van der Waals surface area contributed by atoms with Crippen LogP contribution < -0.4 is 10.2 Å². The summed E-state index contributed by atoms with van der Waals surface area (Å²) in [6, 6.07) is 5.62. The summed E-state index contributed by atoms with van der Waals surface area (Å²) >= 11 is 0. The summed E-state index contributed by atoms with van der Waals surface area (Å²) in [5, 5.41) is 12.2. The van der Waals surface area contributed by atoms with Crippen molar-refractivity contribution in [3.05, 3.63) is 35.0 Å². The molecule has 0 spiro atoms. The first kappa shape index (κ1) is 19.9. The fourth-order valence-corrected chi connectivity index (χ4v) is 3.60. The minimum Gasteiger partial charge on any atom is -0.466 e. The van der Waals surface area contributed by atoms with Crippen LogP contribution in [-0.2, 0) is 25.5 Å². The van der Waals surface area contributed by atoms with Gasteiger partial charge in [0.2, 0.25) is 5.91 Å². The fourth-order valence-electron chi connectivity index (χ4n) is 3.60. The predicted molar refractivity (Wildman–Crippen MR) is 104 cm³/mol. The fraction of sp³-hybridized carbons (Fsp3) is 0.450. The van der Waals surface area contributed by atoms with Gasteiger partial charge in [-0.1, -0.05) is 13.0 Å². The highest BCUT2D eigenvalue weighted by molar-refractivity contribution is 6.08. The number of nitrogens with one attached hydrogen (secondary N) is 1. The maximum absolute atomic E-state index is 12.7. The van der Waals surface area contributed by atoms with Gasteiger partial charge in [0.05, 0.1) is 25.8 Å². The van der Waals surface area contributed by atoms with Gasteiger partial charge in [0.1, 0.15) is 5.70 Å². The number of aliphatic hydroxyl groups excluding tert-OH is 1. The number of hydrogen-bond acceptors (Lipinski definition) is 6. The number of β-amino-alcohol motifs (C(OH)–C–C–N with tert-alkyl or cyclic N) is 1. The molecule has 0 fully saturated rings. The van der Waals surface area contributed by atoms with E-state index < -0.39 is 5.97 Å². The number of esters is 1. The third-order valence-corrected chi connectivity index (χ3v) is 5.03. The summed E-state index contributed by atoms with van der Waals surface area (Å²) in [6.07, 6.45) is 2.23. The Morgan fingerprint density at radius 2 is 2.11 bits per heavy atom. The third-order valence-electron chi connectivity index (χ3n) is 5.03. The standard InChI is InChI=1S/C20H25N3O5/c1-3-17(25)23-8-4-5-13-6-7-14(11-16(13)23)21-18-15(20(27)28-2)12-22(9-10-24)19(18)26/h6-7,11,21,24H,3-5,8-10,12H2,1-2H3. The molecule has 2 N–H and O–H groups in total. The van der Waals surface area contributed by atoms with Crippen LogP contribution in [0.3, 0.4) is 0 Å². The molecule has 2 amide bonds. The van der Waals surface area contributed by atoms with Crippen molar-refractivity contribution >= 4 is 29.2 Å². The highest BCUT2D eigenvalue weighted by Gasteiger charge is 2.34. The smallest absolute Gasteiger partial charge is 0.337 e. The van der Waals surface area contributed by atoms with Crippen molar-refractivity contribution in [2.45, 2.75) is 26.2 Å². The highest BCUT2D eigenvalue weighted by atomic mass is 16.5. The molecular formula is C20H25N3O5. The van der Waals surface area contributed by atoms with Gasteiger partial charge >= 0.3 is 5.97 Å². The maximum atomic E-state index is 12.7. The monoisotopic (exact) mass is 387 g/mol. The van der Waals surface area contributed by atoms with E-state index in [1.165, 1.54) is 12.0 Å². The number of amides is 2. The lowest BCUT2D eigenvalue weighted by Crippen LogP contribution is -2.35. The third kappa shape index (κ3) is 3.73. The largest absolute Gasteiger partial charge is 0.466 e. The number of carbonyl (C=O) groups excluding carboxylic acids is 3. The first-order chi connectivity index (χ1) is 13.5. The van der Waals surface area contributed by atoms with Gasteiger partial charge in [-0.05, 0) is 30.5 Å². The minimum absolute atomic E-state index is 0.0543. The Hall–Kier alpha value is -2.87. The summed E-state index contributed by atoms with van der Waals surface area (Å²) in [7, 11) is 1.26. The van der Waals surface area contributed by atoms with Crippen molar-refractivity contribution in [1.82, 2.24) is 4.90 Å². The lowest BCUT2D eigenvalue weighted by molar-refractivity contribution is -0.136. The number of aliphatic hydroxyl groups is 1. The number of carbonyl (C=O) groups is 3. The summed E-state index contributed by atoms with van der Waals surface area (Å²) in [4.78, 5) is 40.2. The minimum atomic E-state index is -0.586. The lowest BCUT2D eigenvalue weighted by atomic mass is 10.0. The number of rotatable bonds is 6. The molecule has 28 heavy (non-hydrogen) atoms. The van der Waals surface area contributed by atoms with Crippen LogP contribution in [0.1, 0.15) is 25.3 Å². The Morgan fingerprint density at radius 1 is 1.32 bits per heavy atom. The van der Waals surface area contributed by atoms with E-state index >= 15 is 0 Å². The van der Waals surface area contributed by atoms with Crippen molar-refractivity contribution in [3.8, 4) is 0 Å². The van der Waals surface area contributed by atoms with Gasteiger partial charge in [0.25, 0.3) is 5.91 Å². The van der Waals surface area contributed by atoms with E-state index in [-0.39, 0.29) is 42.8 Å². The summed E-state index contributed by atoms with van der Waals surface area (Å²) < 4.78 is 4.80. The first-order valence-corrected chi connectivity index (χ1v) is 9.42. The molecule has 1 aromatic rings. The van der Waals surface area contributed by atoms with Crippen LogP contribution in [0.5, 0.6) is 0 Å². The van der Waals surface area contributed by atoms with E-state index in [1.54, 1.807) is 4.90 Å². The number of nitrogens with zero attached hydrogens (tertiary/aromatic N) is 2. The van der Waals surface area contributed by atoms with Gasteiger partial charge in [0.15, 0.2) is 0 Å². The number of hydrogen-bond donors (Lipinski definition) is 2. The molecule has 2 heterocycles. The van der Waals surface area contributed by atoms with Crippen molar-refractivity contribution < 1.29 is 24.2 Å². The zero-order valence-electron chi connectivity index (χ0n) is 16.2. The van der Waals surface area contributed by atoms with E-state index in [1.807, 2.05) is 25.1 Å². The van der Waals surface area contributed by atoms with E-state index in [4.69, 9.17) is 9.84 Å². The van der Waals surface area contributed by atoms with Crippen LogP contribution in [0.25, 0.3) is 0 Å². The molecule has 0 saturated carbocycles. The summed E-state index contributed by atoms with van der Waals surface area (Å²) in [5.74, 6) is -0.899. The van der Waals surface area contributed by atoms with E-state index in [9.17, 15) is 14.4 Å². The highest BCUT2D eigenvalue weighted by Crippen LogP contribution is 2.32. The van der Waals surface area contributed by atoms with Crippen LogP contribution in [0.2, 0.25) is 0 Å². The van der Waals surface area contributed by atoms with Gasteiger partial charge in [-0.15, -0.1) is 0 Å². The Kier molecular flexibility index (Phi) is 5.99. The van der Waals surface area contributed by atoms with Gasteiger partial charge in [0, 0.05) is 30.9 Å². The topological polar surface area (TPSA) is 99.2 Å². The van der Waals surface area contributed by atoms with Gasteiger partial charge in [-0.2, -0.15) is 0 Å². The van der Waals surface area contributed by atoms with Gasteiger partial charge in [-0.3, -0.25) is 9.59 Å². The summed E-state index contributed by atoms with van der Waals surface area (Å²) in [5.41, 5.74) is 2.90. The number of ether oxygens (including phenoxy) is 1. The molecule has 8 nitrogen and oxygen atoms in total. The Bertz CT molecular complexity index is 833. The molecule has 0 unspecified atom stereocenters. The molecule has 0 saturated heterocycles. The average molecular weight is 387 g/mol. The molecule has 0 aromatic heterocycles. The van der Waals surface area contributed by atoms with Crippen molar-refractivity contribution in [2.24, 2.45) is 0 Å². The molecule has 2 aliphatic rings. The van der Waals surface area contributed by atoms with Crippen molar-refractivity contribution in [3.63, 3.8) is 0 Å². The first-order valence-electron chi connectivity index (χ1n) is 9.42. The van der Waals surface area contributed by atoms with E-state index in [0.717, 1.165) is 24.1 Å². The van der Waals surface area contributed by atoms with Crippen LogP contribution in [-0.4, -0.2) is 61.1 Å². The van der Waals surface area contributed by atoms with Crippen LogP contribution in [0.15, 0.2) is 29.5 Å². The second kappa shape index (κ2) is 8.43.